The van der Waals surface area contributed by atoms with E-state index in [9.17, 15) is 0 Å². The molecule has 1 aromatic heterocycles. The lowest BCUT2D eigenvalue weighted by molar-refractivity contribution is 0.0746. The summed E-state index contributed by atoms with van der Waals surface area (Å²) < 4.78 is 17.4. The Kier molecular flexibility index (Phi) is 6.37. The molecule has 0 bridgehead atoms. The lowest BCUT2D eigenvalue weighted by Gasteiger charge is -2.19. The van der Waals surface area contributed by atoms with Gasteiger partial charge in [-0.2, -0.15) is 9.97 Å². The second kappa shape index (κ2) is 8.30. The molecule has 2 aromatic rings. The van der Waals surface area contributed by atoms with E-state index in [-0.39, 0.29) is 6.10 Å². The first-order valence-electron chi connectivity index (χ1n) is 8.62. The lowest BCUT2D eigenvalue weighted by Crippen LogP contribution is -2.22. The largest absolute Gasteiger partial charge is 0.472 e. The molecule has 0 saturated heterocycles. The standard InChI is InChI=1S/C20H28N2O3/c1-8-17(11-23-7)24-19-15(5)20(22-16(6)21-19)25-18-13(3)9-12(2)10-14(18)4/h9-10,17H,8,11H2,1-7H3. The summed E-state index contributed by atoms with van der Waals surface area (Å²) in [6.07, 6.45) is 0.789. The summed E-state index contributed by atoms with van der Waals surface area (Å²) in [5.74, 6) is 2.53. The molecule has 0 spiro atoms. The van der Waals surface area contributed by atoms with Crippen molar-refractivity contribution in [2.75, 3.05) is 13.7 Å². The van der Waals surface area contributed by atoms with Crippen LogP contribution in [0.5, 0.6) is 17.5 Å². The number of rotatable bonds is 7. The van der Waals surface area contributed by atoms with Crippen LogP contribution in [0.3, 0.4) is 0 Å². The Labute approximate surface area is 150 Å². The van der Waals surface area contributed by atoms with Gasteiger partial charge in [0.15, 0.2) is 0 Å². The second-order valence-corrected chi connectivity index (χ2v) is 6.44. The molecule has 2 rings (SSSR count). The van der Waals surface area contributed by atoms with Gasteiger partial charge in [-0.15, -0.1) is 0 Å². The molecule has 0 amide bonds. The van der Waals surface area contributed by atoms with Gasteiger partial charge in [-0.1, -0.05) is 24.6 Å². The van der Waals surface area contributed by atoms with E-state index < -0.39 is 0 Å². The molecule has 1 aromatic carbocycles. The maximum Gasteiger partial charge on any atom is 0.229 e. The summed E-state index contributed by atoms with van der Waals surface area (Å²) >= 11 is 0. The molecule has 0 aliphatic carbocycles. The third-order valence-electron chi connectivity index (χ3n) is 4.06. The molecule has 136 valence electrons. The summed E-state index contributed by atoms with van der Waals surface area (Å²) in [6.45, 7) is 12.5. The highest BCUT2D eigenvalue weighted by Gasteiger charge is 2.18. The van der Waals surface area contributed by atoms with Gasteiger partial charge in [0.05, 0.1) is 12.2 Å². The quantitative estimate of drug-likeness (QED) is 0.734. The van der Waals surface area contributed by atoms with Crippen LogP contribution in [0.2, 0.25) is 0 Å². The molecular weight excluding hydrogens is 316 g/mol. The Balaban J connectivity index is 2.36. The summed E-state index contributed by atoms with van der Waals surface area (Å²) in [7, 11) is 1.67. The maximum absolute atomic E-state index is 6.16. The zero-order valence-corrected chi connectivity index (χ0v) is 16.3. The number of nitrogens with zero attached hydrogens (tertiary/aromatic N) is 2. The molecule has 5 heteroatoms. The zero-order valence-electron chi connectivity index (χ0n) is 16.3. The summed E-state index contributed by atoms with van der Waals surface area (Å²) in [4.78, 5) is 8.90. The van der Waals surface area contributed by atoms with E-state index in [1.54, 1.807) is 7.11 Å². The van der Waals surface area contributed by atoms with Crippen LogP contribution in [0.4, 0.5) is 0 Å². The Morgan fingerprint density at radius 3 is 2.12 bits per heavy atom. The van der Waals surface area contributed by atoms with Gasteiger partial charge in [-0.05, 0) is 52.2 Å². The second-order valence-electron chi connectivity index (χ2n) is 6.44. The van der Waals surface area contributed by atoms with Gasteiger partial charge in [-0.25, -0.2) is 0 Å². The predicted octanol–water partition coefficient (Wildman–Crippen LogP) is 4.61. The topological polar surface area (TPSA) is 53.5 Å². The van der Waals surface area contributed by atoms with Crippen molar-refractivity contribution in [3.8, 4) is 17.5 Å². The summed E-state index contributed by atoms with van der Waals surface area (Å²) in [5, 5.41) is 0. The van der Waals surface area contributed by atoms with Gasteiger partial charge in [0.2, 0.25) is 11.8 Å². The highest BCUT2D eigenvalue weighted by molar-refractivity contribution is 5.46. The Hall–Kier alpha value is -2.14. The van der Waals surface area contributed by atoms with Crippen molar-refractivity contribution in [3.05, 3.63) is 40.2 Å². The molecular formula is C20H28N2O3. The Bertz CT molecular complexity index is 721. The molecule has 1 unspecified atom stereocenters. The lowest BCUT2D eigenvalue weighted by atomic mass is 10.1. The SMILES string of the molecule is CCC(COC)Oc1nc(C)nc(Oc2c(C)cc(C)cc2C)c1C. The molecule has 0 fully saturated rings. The fraction of sp³-hybridized carbons (Fsp3) is 0.500. The third-order valence-corrected chi connectivity index (χ3v) is 4.06. The van der Waals surface area contributed by atoms with Crippen LogP contribution in [0.25, 0.3) is 0 Å². The van der Waals surface area contributed by atoms with Gasteiger partial charge < -0.3 is 14.2 Å². The van der Waals surface area contributed by atoms with Crippen molar-refractivity contribution in [3.63, 3.8) is 0 Å². The van der Waals surface area contributed by atoms with Crippen LogP contribution in [0.1, 0.15) is 41.4 Å². The highest BCUT2D eigenvalue weighted by atomic mass is 16.5. The smallest absolute Gasteiger partial charge is 0.229 e. The van der Waals surface area contributed by atoms with Gasteiger partial charge in [0, 0.05) is 7.11 Å². The number of methoxy groups -OCH3 is 1. The number of aromatic nitrogens is 2. The van der Waals surface area contributed by atoms with Crippen LogP contribution >= 0.6 is 0 Å². The van der Waals surface area contributed by atoms with Gasteiger partial charge >= 0.3 is 0 Å². The normalized spacial score (nSPS) is 12.1. The number of hydrogen-bond donors (Lipinski definition) is 0. The van der Waals surface area contributed by atoms with Crippen LogP contribution in [-0.2, 0) is 4.74 Å². The molecule has 5 nitrogen and oxygen atoms in total. The number of hydrogen-bond acceptors (Lipinski definition) is 5. The van der Waals surface area contributed by atoms with Crippen molar-refractivity contribution in [2.45, 2.75) is 54.1 Å². The first-order valence-corrected chi connectivity index (χ1v) is 8.62. The van der Waals surface area contributed by atoms with Crippen LogP contribution in [-0.4, -0.2) is 29.8 Å². The Morgan fingerprint density at radius 2 is 1.56 bits per heavy atom. The Morgan fingerprint density at radius 1 is 0.960 bits per heavy atom. The van der Waals surface area contributed by atoms with E-state index in [0.717, 1.165) is 28.9 Å². The van der Waals surface area contributed by atoms with E-state index in [1.165, 1.54) is 5.56 Å². The number of ether oxygens (including phenoxy) is 3. The number of benzene rings is 1. The van der Waals surface area contributed by atoms with Crippen LogP contribution < -0.4 is 9.47 Å². The molecule has 0 N–H and O–H groups in total. The maximum atomic E-state index is 6.16. The fourth-order valence-electron chi connectivity index (χ4n) is 2.80. The van der Waals surface area contributed by atoms with Gasteiger partial charge in [-0.3, -0.25) is 0 Å². The minimum absolute atomic E-state index is 0.0475. The first kappa shape index (κ1) is 19.2. The van der Waals surface area contributed by atoms with Crippen molar-refractivity contribution in [1.82, 2.24) is 9.97 Å². The van der Waals surface area contributed by atoms with E-state index in [4.69, 9.17) is 14.2 Å². The minimum atomic E-state index is -0.0475. The van der Waals surface area contributed by atoms with Gasteiger partial charge in [0.25, 0.3) is 0 Å². The van der Waals surface area contributed by atoms with E-state index >= 15 is 0 Å². The minimum Gasteiger partial charge on any atom is -0.472 e. The van der Waals surface area contributed by atoms with Crippen molar-refractivity contribution in [2.24, 2.45) is 0 Å². The van der Waals surface area contributed by atoms with Crippen molar-refractivity contribution >= 4 is 0 Å². The number of aryl methyl sites for hydroxylation is 4. The summed E-state index contributed by atoms with van der Waals surface area (Å²) in [5.41, 5.74) is 4.18. The van der Waals surface area contributed by atoms with Crippen molar-refractivity contribution in [1.29, 1.82) is 0 Å². The molecule has 25 heavy (non-hydrogen) atoms. The van der Waals surface area contributed by atoms with Crippen molar-refractivity contribution < 1.29 is 14.2 Å². The predicted molar refractivity (Wildman–Crippen MR) is 98.8 cm³/mol. The zero-order chi connectivity index (χ0) is 18.6. The van der Waals surface area contributed by atoms with E-state index in [0.29, 0.717) is 24.2 Å². The highest BCUT2D eigenvalue weighted by Crippen LogP contribution is 2.33. The molecule has 1 heterocycles. The molecule has 0 aliphatic heterocycles. The first-order chi connectivity index (χ1) is 11.8. The van der Waals surface area contributed by atoms with E-state index in [2.05, 4.69) is 35.9 Å². The van der Waals surface area contributed by atoms with Gasteiger partial charge in [0.1, 0.15) is 17.7 Å². The molecule has 1 atom stereocenters. The van der Waals surface area contributed by atoms with E-state index in [1.807, 2.05) is 27.7 Å². The molecule has 0 saturated carbocycles. The fourth-order valence-corrected chi connectivity index (χ4v) is 2.80. The van der Waals surface area contributed by atoms with Crippen LogP contribution in [0.15, 0.2) is 12.1 Å². The monoisotopic (exact) mass is 344 g/mol. The third kappa shape index (κ3) is 4.69. The average Bonchev–Trinajstić information content (AvgIpc) is 2.54. The average molecular weight is 344 g/mol. The molecule has 0 radical (unpaired) electrons. The van der Waals surface area contributed by atoms with Crippen LogP contribution in [0, 0.1) is 34.6 Å². The summed E-state index contributed by atoms with van der Waals surface area (Å²) in [6, 6.07) is 4.21. The molecule has 0 aliphatic rings.